The molecule has 0 aliphatic heterocycles. The number of hydrogen-bond acceptors (Lipinski definition) is 4. The zero-order chi connectivity index (χ0) is 14.7. The van der Waals surface area contributed by atoms with Gasteiger partial charge in [-0.2, -0.15) is 18.4 Å². The van der Waals surface area contributed by atoms with Gasteiger partial charge in [0.2, 0.25) is 10.0 Å². The Balaban J connectivity index is 2.87. The lowest BCUT2D eigenvalue weighted by Gasteiger charge is -2.11. The van der Waals surface area contributed by atoms with E-state index in [1.807, 2.05) is 0 Å². The van der Waals surface area contributed by atoms with E-state index in [1.165, 1.54) is 6.07 Å². The van der Waals surface area contributed by atoms with Crippen molar-refractivity contribution in [1.29, 1.82) is 5.26 Å². The lowest BCUT2D eigenvalue weighted by Crippen LogP contribution is -2.22. The third kappa shape index (κ3) is 4.76. The molecule has 9 heteroatoms. The molecule has 0 spiro atoms. The molecule has 0 aliphatic carbocycles. The highest BCUT2D eigenvalue weighted by Gasteiger charge is 2.33. The highest BCUT2D eigenvalue weighted by molar-refractivity contribution is 7.89. The molecule has 0 radical (unpaired) electrons. The van der Waals surface area contributed by atoms with Crippen LogP contribution in [-0.4, -0.2) is 20.7 Å². The molecule has 0 fully saturated rings. The maximum Gasteiger partial charge on any atom is 0.417 e. The van der Waals surface area contributed by atoms with Crippen molar-refractivity contribution in [3.05, 3.63) is 29.3 Å². The van der Waals surface area contributed by atoms with E-state index in [2.05, 4.69) is 5.32 Å². The zero-order valence-electron chi connectivity index (χ0n) is 9.53. The molecule has 0 aliphatic rings. The lowest BCUT2D eigenvalue weighted by molar-refractivity contribution is -0.137. The van der Waals surface area contributed by atoms with Crippen molar-refractivity contribution in [2.24, 2.45) is 5.14 Å². The SMILES string of the molecule is N#Cc1cc(NCCS(N)(=O)=O)ccc1C(F)(F)F. The summed E-state index contributed by atoms with van der Waals surface area (Å²) < 4.78 is 58.9. The third-order valence-corrected chi connectivity index (χ3v) is 2.93. The van der Waals surface area contributed by atoms with Crippen molar-refractivity contribution in [1.82, 2.24) is 0 Å². The molecule has 0 saturated heterocycles. The molecule has 0 bridgehead atoms. The fourth-order valence-corrected chi connectivity index (χ4v) is 1.72. The summed E-state index contributed by atoms with van der Waals surface area (Å²) in [5, 5.41) is 16.0. The second-order valence-corrected chi connectivity index (χ2v) is 5.40. The second-order valence-electron chi connectivity index (χ2n) is 3.66. The Morgan fingerprint density at radius 3 is 2.47 bits per heavy atom. The fraction of sp³-hybridized carbons (Fsp3) is 0.300. The van der Waals surface area contributed by atoms with Gasteiger partial charge in [-0.25, -0.2) is 13.6 Å². The normalized spacial score (nSPS) is 11.9. The van der Waals surface area contributed by atoms with Crippen molar-refractivity contribution >= 4 is 15.7 Å². The number of alkyl halides is 3. The summed E-state index contributed by atoms with van der Waals surface area (Å²) in [6, 6.07) is 4.33. The van der Waals surface area contributed by atoms with Gasteiger partial charge in [-0.15, -0.1) is 0 Å². The number of nitrogens with zero attached hydrogens (tertiary/aromatic N) is 1. The summed E-state index contributed by atoms with van der Waals surface area (Å²) in [6.07, 6.45) is -4.61. The topological polar surface area (TPSA) is 96.0 Å². The molecule has 5 nitrogen and oxygen atoms in total. The zero-order valence-corrected chi connectivity index (χ0v) is 10.3. The van der Waals surface area contributed by atoms with E-state index in [0.717, 1.165) is 18.2 Å². The van der Waals surface area contributed by atoms with Crippen LogP contribution in [0.2, 0.25) is 0 Å². The minimum Gasteiger partial charge on any atom is -0.384 e. The molecule has 1 rings (SSSR count). The molecule has 104 valence electrons. The van der Waals surface area contributed by atoms with Crippen LogP contribution in [0.5, 0.6) is 0 Å². The van der Waals surface area contributed by atoms with Crippen molar-refractivity contribution in [3.63, 3.8) is 0 Å². The van der Waals surface area contributed by atoms with Crippen LogP contribution >= 0.6 is 0 Å². The molecule has 3 N–H and O–H groups in total. The number of nitriles is 1. The van der Waals surface area contributed by atoms with E-state index >= 15 is 0 Å². The van der Waals surface area contributed by atoms with Crippen LogP contribution in [0.1, 0.15) is 11.1 Å². The molecule has 0 saturated carbocycles. The summed E-state index contributed by atoms with van der Waals surface area (Å²) >= 11 is 0. The molecule has 0 atom stereocenters. The van der Waals surface area contributed by atoms with Gasteiger partial charge in [0.05, 0.1) is 22.9 Å². The lowest BCUT2D eigenvalue weighted by atomic mass is 10.1. The highest BCUT2D eigenvalue weighted by atomic mass is 32.2. The molecule has 1 aromatic rings. The highest BCUT2D eigenvalue weighted by Crippen LogP contribution is 2.32. The smallest absolute Gasteiger partial charge is 0.384 e. The van der Waals surface area contributed by atoms with Gasteiger partial charge in [0.25, 0.3) is 0 Å². The molecular formula is C10H10F3N3O2S. The Kier molecular flexibility index (Phi) is 4.39. The molecule has 19 heavy (non-hydrogen) atoms. The maximum atomic E-state index is 12.5. The number of primary sulfonamides is 1. The minimum absolute atomic E-state index is 0.0604. The van der Waals surface area contributed by atoms with Crippen molar-refractivity contribution in [2.75, 3.05) is 17.6 Å². The molecule has 0 aromatic heterocycles. The summed E-state index contributed by atoms with van der Waals surface area (Å²) in [6.45, 7) is -0.0604. The fourth-order valence-electron chi connectivity index (χ4n) is 1.33. The predicted octanol–water partition coefficient (Wildman–Crippen LogP) is 1.28. The van der Waals surface area contributed by atoms with Crippen LogP contribution in [0, 0.1) is 11.3 Å². The van der Waals surface area contributed by atoms with E-state index in [1.54, 1.807) is 0 Å². The van der Waals surface area contributed by atoms with Gasteiger partial charge in [-0.3, -0.25) is 0 Å². The first-order chi connectivity index (χ1) is 8.63. The second kappa shape index (κ2) is 5.46. The quantitative estimate of drug-likeness (QED) is 0.874. The van der Waals surface area contributed by atoms with Gasteiger partial charge in [0, 0.05) is 12.2 Å². The maximum absolute atomic E-state index is 12.5. The first-order valence-corrected chi connectivity index (χ1v) is 6.71. The first-order valence-electron chi connectivity index (χ1n) is 4.99. The number of sulfonamides is 1. The Bertz CT molecular complexity index is 605. The van der Waals surface area contributed by atoms with Crippen LogP contribution in [0.4, 0.5) is 18.9 Å². The summed E-state index contributed by atoms with van der Waals surface area (Å²) in [4.78, 5) is 0. The summed E-state index contributed by atoms with van der Waals surface area (Å²) in [5.74, 6) is -0.365. The van der Waals surface area contributed by atoms with Gasteiger partial charge in [0.1, 0.15) is 0 Å². The number of benzene rings is 1. The monoisotopic (exact) mass is 293 g/mol. The largest absolute Gasteiger partial charge is 0.417 e. The molecule has 1 aromatic carbocycles. The van der Waals surface area contributed by atoms with Crippen molar-refractivity contribution in [3.8, 4) is 6.07 Å². The Labute approximate surface area is 107 Å². The van der Waals surface area contributed by atoms with E-state index < -0.39 is 27.3 Å². The minimum atomic E-state index is -4.61. The predicted molar refractivity (Wildman–Crippen MR) is 62.6 cm³/mol. The standard InChI is InChI=1S/C10H10F3N3O2S/c11-10(12,13)9-2-1-8(5-7(9)6-14)16-3-4-19(15,17)18/h1-2,5,16H,3-4H2,(H2,15,17,18). The number of nitrogens with one attached hydrogen (secondary N) is 1. The average Bonchev–Trinajstić information content (AvgIpc) is 2.25. The van der Waals surface area contributed by atoms with Crippen LogP contribution < -0.4 is 10.5 Å². The number of rotatable bonds is 4. The number of nitrogens with two attached hydrogens (primary N) is 1. The van der Waals surface area contributed by atoms with Gasteiger partial charge in [-0.1, -0.05) is 0 Å². The summed E-state index contributed by atoms with van der Waals surface area (Å²) in [7, 11) is -3.65. The first kappa shape index (κ1) is 15.3. The molecule has 0 amide bonds. The number of anilines is 1. The molecule has 0 heterocycles. The number of halogens is 3. The Hall–Kier alpha value is -1.79. The average molecular weight is 293 g/mol. The molecular weight excluding hydrogens is 283 g/mol. The van der Waals surface area contributed by atoms with Gasteiger partial charge in [-0.05, 0) is 18.2 Å². The van der Waals surface area contributed by atoms with Crippen LogP contribution in [0.3, 0.4) is 0 Å². The van der Waals surface area contributed by atoms with E-state index in [-0.39, 0.29) is 18.0 Å². The van der Waals surface area contributed by atoms with Gasteiger partial charge in [0.15, 0.2) is 0 Å². The van der Waals surface area contributed by atoms with E-state index in [4.69, 9.17) is 10.4 Å². The number of hydrogen-bond donors (Lipinski definition) is 2. The summed E-state index contributed by atoms with van der Waals surface area (Å²) in [5.41, 5.74) is -1.35. The van der Waals surface area contributed by atoms with Gasteiger partial charge >= 0.3 is 6.18 Å². The van der Waals surface area contributed by atoms with Crippen LogP contribution in [0.25, 0.3) is 0 Å². The molecule has 0 unspecified atom stereocenters. The third-order valence-electron chi connectivity index (χ3n) is 2.16. The van der Waals surface area contributed by atoms with Crippen molar-refractivity contribution in [2.45, 2.75) is 6.18 Å². The van der Waals surface area contributed by atoms with E-state index in [0.29, 0.717) is 0 Å². The van der Waals surface area contributed by atoms with Crippen molar-refractivity contribution < 1.29 is 21.6 Å². The Morgan fingerprint density at radius 1 is 1.37 bits per heavy atom. The van der Waals surface area contributed by atoms with E-state index in [9.17, 15) is 21.6 Å². The van der Waals surface area contributed by atoms with Crippen LogP contribution in [-0.2, 0) is 16.2 Å². The van der Waals surface area contributed by atoms with Crippen LogP contribution in [0.15, 0.2) is 18.2 Å². The Morgan fingerprint density at radius 2 is 2.00 bits per heavy atom. The van der Waals surface area contributed by atoms with Gasteiger partial charge < -0.3 is 5.32 Å².